The van der Waals surface area contributed by atoms with E-state index in [9.17, 15) is 14.3 Å². The Morgan fingerprint density at radius 3 is 2.36 bits per heavy atom. The highest BCUT2D eigenvalue weighted by Gasteiger charge is 2.25. The second-order valence-electron chi connectivity index (χ2n) is 9.16. The van der Waals surface area contributed by atoms with Gasteiger partial charge in [-0.2, -0.15) is 0 Å². The number of aromatic hydroxyl groups is 1. The molecule has 2 heterocycles. The molecule has 1 aromatic heterocycles. The summed E-state index contributed by atoms with van der Waals surface area (Å²) in [5, 5.41) is 10.7. The molecule has 36 heavy (non-hydrogen) atoms. The number of carbonyl (C=O) groups excluding carboxylic acids is 1. The van der Waals surface area contributed by atoms with Crippen molar-refractivity contribution < 1.29 is 23.8 Å². The first-order chi connectivity index (χ1) is 17.4. The number of nitrogens with zero attached hydrogens (tertiary/aromatic N) is 1. The second-order valence-corrected chi connectivity index (χ2v) is 10.2. The van der Waals surface area contributed by atoms with Crippen molar-refractivity contribution in [3.63, 3.8) is 0 Å². The summed E-state index contributed by atoms with van der Waals surface area (Å²) < 4.78 is 26.7. The van der Waals surface area contributed by atoms with Crippen molar-refractivity contribution in [2.45, 2.75) is 26.7 Å². The predicted octanol–water partition coefficient (Wildman–Crippen LogP) is 6.86. The minimum Gasteiger partial charge on any atom is -0.508 e. The Kier molecular flexibility index (Phi) is 6.94. The minimum absolute atomic E-state index is 0.110. The number of phenols is 1. The third-order valence-electron chi connectivity index (χ3n) is 6.48. The van der Waals surface area contributed by atoms with Crippen LogP contribution in [0.25, 0.3) is 10.1 Å². The first-order valence-electron chi connectivity index (χ1n) is 12.1. The molecule has 1 saturated heterocycles. The number of ketones is 1. The number of benzene rings is 3. The molecule has 0 bridgehead atoms. The van der Waals surface area contributed by atoms with E-state index in [1.54, 1.807) is 32.0 Å². The van der Waals surface area contributed by atoms with Crippen LogP contribution in [0.5, 0.6) is 23.0 Å². The molecule has 1 N–H and O–H groups in total. The van der Waals surface area contributed by atoms with Crippen LogP contribution in [0.1, 0.15) is 39.2 Å². The Labute approximate surface area is 213 Å². The van der Waals surface area contributed by atoms with Crippen LogP contribution in [0, 0.1) is 19.7 Å². The second kappa shape index (κ2) is 10.3. The summed E-state index contributed by atoms with van der Waals surface area (Å²) in [6, 6.07) is 15.0. The van der Waals surface area contributed by atoms with Gasteiger partial charge in [-0.15, -0.1) is 11.3 Å². The van der Waals surface area contributed by atoms with E-state index in [2.05, 4.69) is 4.90 Å². The first kappa shape index (κ1) is 24.3. The van der Waals surface area contributed by atoms with E-state index in [1.165, 1.54) is 36.3 Å². The van der Waals surface area contributed by atoms with Gasteiger partial charge in [0.05, 0.1) is 0 Å². The number of thiophene rings is 1. The van der Waals surface area contributed by atoms with Gasteiger partial charge in [0.15, 0.2) is 5.75 Å². The van der Waals surface area contributed by atoms with Crippen LogP contribution in [0.4, 0.5) is 4.39 Å². The molecule has 1 aliphatic rings. The number of likely N-dealkylation sites (tertiary alicyclic amines) is 1. The van der Waals surface area contributed by atoms with E-state index in [0.717, 1.165) is 35.5 Å². The van der Waals surface area contributed by atoms with Gasteiger partial charge in [0.2, 0.25) is 5.78 Å². The average molecular weight is 506 g/mol. The van der Waals surface area contributed by atoms with Gasteiger partial charge >= 0.3 is 0 Å². The number of phenolic OH excluding ortho intramolecular Hbond substituents is 1. The van der Waals surface area contributed by atoms with Crippen LogP contribution >= 0.6 is 11.3 Å². The van der Waals surface area contributed by atoms with Gasteiger partial charge in [-0.1, -0.05) is 0 Å². The molecule has 1 aliphatic heterocycles. The van der Waals surface area contributed by atoms with Gasteiger partial charge in [0.1, 0.15) is 34.5 Å². The number of hydrogen-bond donors (Lipinski definition) is 1. The van der Waals surface area contributed by atoms with E-state index >= 15 is 0 Å². The van der Waals surface area contributed by atoms with Gasteiger partial charge in [-0.25, -0.2) is 4.39 Å². The standard InChI is InChI=1S/C29H28FNO4S/c1-18-15-20(30)16-19(2)26(18)27(33)29-28(24-10-5-21(32)17-25(24)36-29)35-23-8-6-22(7-9-23)34-14-13-31-11-3-4-12-31/h5-10,15-17,32H,3-4,11-14H2,1-2H3. The molecule has 0 unspecified atom stereocenters. The van der Waals surface area contributed by atoms with Gasteiger partial charge in [0, 0.05) is 22.2 Å². The maximum Gasteiger partial charge on any atom is 0.207 e. The van der Waals surface area contributed by atoms with E-state index in [1.807, 2.05) is 24.3 Å². The highest BCUT2D eigenvalue weighted by molar-refractivity contribution is 7.21. The highest BCUT2D eigenvalue weighted by Crippen LogP contribution is 2.43. The predicted molar refractivity (Wildman–Crippen MR) is 140 cm³/mol. The molecule has 3 aromatic carbocycles. The Bertz CT molecular complexity index is 1380. The van der Waals surface area contributed by atoms with Crippen LogP contribution in [-0.4, -0.2) is 42.0 Å². The smallest absolute Gasteiger partial charge is 0.207 e. The van der Waals surface area contributed by atoms with E-state index < -0.39 is 0 Å². The number of fused-ring (bicyclic) bond motifs is 1. The normalized spacial score (nSPS) is 13.9. The molecule has 0 aliphatic carbocycles. The largest absolute Gasteiger partial charge is 0.508 e. The fourth-order valence-electron chi connectivity index (χ4n) is 4.72. The Morgan fingerprint density at radius 2 is 1.67 bits per heavy atom. The molecule has 5 rings (SSSR count). The zero-order valence-corrected chi connectivity index (χ0v) is 21.2. The SMILES string of the molecule is Cc1cc(F)cc(C)c1C(=O)c1sc2cc(O)ccc2c1Oc1ccc(OCCN2CCCC2)cc1. The summed E-state index contributed by atoms with van der Waals surface area (Å²) in [6.07, 6.45) is 2.52. The fourth-order valence-corrected chi connectivity index (χ4v) is 5.82. The van der Waals surface area contributed by atoms with Crippen molar-refractivity contribution in [3.05, 3.63) is 82.0 Å². The van der Waals surface area contributed by atoms with Gasteiger partial charge in [-0.3, -0.25) is 9.69 Å². The minimum atomic E-state index is -0.373. The topological polar surface area (TPSA) is 59.0 Å². The Balaban J connectivity index is 1.42. The maximum atomic E-state index is 13.9. The van der Waals surface area contributed by atoms with Gasteiger partial charge < -0.3 is 14.6 Å². The summed E-state index contributed by atoms with van der Waals surface area (Å²) in [7, 11) is 0. The van der Waals surface area contributed by atoms with Crippen molar-refractivity contribution in [2.24, 2.45) is 0 Å². The lowest BCUT2D eigenvalue weighted by molar-refractivity contribution is 0.103. The summed E-state index contributed by atoms with van der Waals surface area (Å²) in [5.41, 5.74) is 1.59. The summed E-state index contributed by atoms with van der Waals surface area (Å²) in [6.45, 7) is 7.28. The van der Waals surface area contributed by atoms with Crippen LogP contribution in [0.15, 0.2) is 54.6 Å². The first-order valence-corrected chi connectivity index (χ1v) is 12.9. The summed E-state index contributed by atoms with van der Waals surface area (Å²) in [4.78, 5) is 16.5. The van der Waals surface area contributed by atoms with Gasteiger partial charge in [0.25, 0.3) is 0 Å². The molecule has 0 radical (unpaired) electrons. The molecule has 5 nitrogen and oxygen atoms in total. The number of carbonyl (C=O) groups is 1. The number of ether oxygens (including phenoxy) is 2. The number of aryl methyl sites for hydroxylation is 2. The zero-order valence-electron chi connectivity index (χ0n) is 20.3. The number of hydrogen-bond acceptors (Lipinski definition) is 6. The highest BCUT2D eigenvalue weighted by atomic mass is 32.1. The molecule has 0 saturated carbocycles. The molecular formula is C29H28FNO4S. The lowest BCUT2D eigenvalue weighted by atomic mass is 9.97. The zero-order chi connectivity index (χ0) is 25.2. The lowest BCUT2D eigenvalue weighted by Gasteiger charge is -2.15. The van der Waals surface area contributed by atoms with E-state index in [0.29, 0.717) is 39.7 Å². The summed E-state index contributed by atoms with van der Waals surface area (Å²) in [5.74, 6) is 1.25. The third-order valence-corrected chi connectivity index (χ3v) is 7.61. The van der Waals surface area contributed by atoms with Crippen LogP contribution in [0.2, 0.25) is 0 Å². The lowest BCUT2D eigenvalue weighted by Crippen LogP contribution is -2.25. The average Bonchev–Trinajstić information content (AvgIpc) is 3.47. The molecular weight excluding hydrogens is 477 g/mol. The fraction of sp³-hybridized carbons (Fsp3) is 0.276. The van der Waals surface area contributed by atoms with Crippen molar-refractivity contribution >= 4 is 27.2 Å². The van der Waals surface area contributed by atoms with Crippen LogP contribution < -0.4 is 9.47 Å². The quantitative estimate of drug-likeness (QED) is 0.265. The Morgan fingerprint density at radius 1 is 1.00 bits per heavy atom. The van der Waals surface area contributed by atoms with Crippen LogP contribution in [-0.2, 0) is 0 Å². The van der Waals surface area contributed by atoms with Crippen molar-refractivity contribution in [3.8, 4) is 23.0 Å². The van der Waals surface area contributed by atoms with Crippen molar-refractivity contribution in [1.29, 1.82) is 0 Å². The van der Waals surface area contributed by atoms with Crippen molar-refractivity contribution in [2.75, 3.05) is 26.2 Å². The molecule has 4 aromatic rings. The van der Waals surface area contributed by atoms with Gasteiger partial charge in [-0.05, 0) is 106 Å². The third kappa shape index (κ3) is 5.08. The molecule has 186 valence electrons. The number of rotatable bonds is 8. The van der Waals surface area contributed by atoms with Crippen molar-refractivity contribution in [1.82, 2.24) is 4.90 Å². The Hall–Kier alpha value is -3.42. The molecule has 1 fully saturated rings. The molecule has 0 spiro atoms. The van der Waals surface area contributed by atoms with E-state index in [4.69, 9.17) is 9.47 Å². The molecule has 0 atom stereocenters. The number of halogens is 1. The molecule has 0 amide bonds. The van der Waals surface area contributed by atoms with Crippen LogP contribution in [0.3, 0.4) is 0 Å². The molecule has 7 heteroatoms. The van der Waals surface area contributed by atoms with E-state index in [-0.39, 0.29) is 17.3 Å². The maximum absolute atomic E-state index is 13.9. The summed E-state index contributed by atoms with van der Waals surface area (Å²) >= 11 is 1.25. The monoisotopic (exact) mass is 505 g/mol.